The third-order valence-corrected chi connectivity index (χ3v) is 9.69. The van der Waals surface area contributed by atoms with Gasteiger partial charge in [0.1, 0.15) is 0 Å². The lowest BCUT2D eigenvalue weighted by atomic mass is 9.47. The molecule has 5 rings (SSSR count). The number of esters is 1. The summed E-state index contributed by atoms with van der Waals surface area (Å²) in [7, 11) is 0. The van der Waals surface area contributed by atoms with Crippen LogP contribution in [0.1, 0.15) is 62.1 Å². The molecule has 4 aliphatic carbocycles. The van der Waals surface area contributed by atoms with Gasteiger partial charge in [-0.1, -0.05) is 25.5 Å². The third kappa shape index (κ3) is 3.39. The van der Waals surface area contributed by atoms with E-state index in [4.69, 9.17) is 9.15 Å². The Hall–Kier alpha value is -2.08. The molecule has 33 heavy (non-hydrogen) atoms. The van der Waals surface area contributed by atoms with Crippen LogP contribution in [-0.4, -0.2) is 23.5 Å². The molecule has 176 valence electrons. The number of aryl methyl sites for hydroxylation is 1. The lowest BCUT2D eigenvalue weighted by molar-refractivity contribution is -0.127. The van der Waals surface area contributed by atoms with Gasteiger partial charge in [-0.05, 0) is 80.9 Å². The third-order valence-electron chi connectivity index (χ3n) is 9.41. The van der Waals surface area contributed by atoms with Crippen molar-refractivity contribution in [3.63, 3.8) is 0 Å². The molecule has 3 saturated carbocycles. The molecule has 0 saturated heterocycles. The highest BCUT2D eigenvalue weighted by Gasteiger charge is 2.64. The molecule has 1 heterocycles. The highest BCUT2D eigenvalue weighted by Crippen LogP contribution is 2.67. The minimum Gasteiger partial charge on any atom is -0.459 e. The first-order chi connectivity index (χ1) is 15.7. The predicted molar refractivity (Wildman–Crippen MR) is 127 cm³/mol. The molecule has 0 N–H and O–H groups in total. The molecular formula is C27H32O5S. The van der Waals surface area contributed by atoms with Crippen molar-refractivity contribution >= 4 is 29.5 Å². The minimum atomic E-state index is -0.466. The maximum atomic E-state index is 12.8. The molecule has 3 fully saturated rings. The number of furan rings is 1. The van der Waals surface area contributed by atoms with Gasteiger partial charge in [-0.3, -0.25) is 9.59 Å². The van der Waals surface area contributed by atoms with Crippen molar-refractivity contribution in [3.8, 4) is 0 Å². The summed E-state index contributed by atoms with van der Waals surface area (Å²) in [5, 5.41) is -0.0977. The monoisotopic (exact) mass is 468 g/mol. The highest BCUT2D eigenvalue weighted by atomic mass is 32.1. The Balaban J connectivity index is 1.47. The number of carbonyl (C=O) groups excluding carboxylic acids is 3. The number of ether oxygens (including phenoxy) is 1. The van der Waals surface area contributed by atoms with Crippen molar-refractivity contribution in [1.82, 2.24) is 0 Å². The average Bonchev–Trinajstić information content (AvgIpc) is 3.32. The van der Waals surface area contributed by atoms with E-state index in [-0.39, 0.29) is 46.4 Å². The first-order valence-electron chi connectivity index (χ1n) is 12.1. The summed E-state index contributed by atoms with van der Waals surface area (Å²) in [5.41, 5.74) is 1.48. The van der Waals surface area contributed by atoms with Crippen molar-refractivity contribution in [2.45, 2.75) is 52.9 Å². The first-order valence-corrected chi connectivity index (χ1v) is 12.5. The van der Waals surface area contributed by atoms with Gasteiger partial charge < -0.3 is 9.15 Å². The van der Waals surface area contributed by atoms with Crippen LogP contribution in [0.25, 0.3) is 0 Å². The number of hydrogen-bond donors (Lipinski definition) is 1. The second kappa shape index (κ2) is 8.00. The molecule has 6 heteroatoms. The summed E-state index contributed by atoms with van der Waals surface area (Å²) >= 11 is 4.31. The average molecular weight is 469 g/mol. The van der Waals surface area contributed by atoms with Gasteiger partial charge in [-0.2, -0.15) is 0 Å². The van der Waals surface area contributed by atoms with Crippen LogP contribution in [-0.2, 0) is 14.3 Å². The summed E-state index contributed by atoms with van der Waals surface area (Å²) in [4.78, 5) is 37.6. The summed E-state index contributed by atoms with van der Waals surface area (Å²) in [6.07, 6.45) is 11.8. The van der Waals surface area contributed by atoms with E-state index in [0.717, 1.165) is 37.7 Å². The molecule has 0 spiro atoms. The van der Waals surface area contributed by atoms with E-state index in [9.17, 15) is 14.4 Å². The van der Waals surface area contributed by atoms with Crippen LogP contribution in [0.4, 0.5) is 0 Å². The van der Waals surface area contributed by atoms with Crippen LogP contribution >= 0.6 is 12.6 Å². The maximum Gasteiger partial charge on any atom is 0.374 e. The van der Waals surface area contributed by atoms with Crippen LogP contribution < -0.4 is 0 Å². The summed E-state index contributed by atoms with van der Waals surface area (Å²) < 4.78 is 11.2. The van der Waals surface area contributed by atoms with Crippen molar-refractivity contribution in [1.29, 1.82) is 0 Å². The fraction of sp³-hybridized carbons (Fsp3) is 0.593. The maximum absolute atomic E-state index is 12.8. The number of fused-ring (bicyclic) bond motifs is 5. The van der Waals surface area contributed by atoms with Gasteiger partial charge >= 0.3 is 5.97 Å². The van der Waals surface area contributed by atoms with Crippen LogP contribution in [0.15, 0.2) is 40.5 Å². The molecule has 0 amide bonds. The van der Waals surface area contributed by atoms with Crippen molar-refractivity contribution in [2.24, 2.45) is 40.4 Å². The Morgan fingerprint density at radius 2 is 2.06 bits per heavy atom. The van der Waals surface area contributed by atoms with E-state index in [1.807, 2.05) is 13.0 Å². The molecular weight excluding hydrogens is 436 g/mol. The van der Waals surface area contributed by atoms with Gasteiger partial charge in [0.15, 0.2) is 10.9 Å². The van der Waals surface area contributed by atoms with Crippen molar-refractivity contribution < 1.29 is 23.5 Å². The largest absolute Gasteiger partial charge is 0.459 e. The lowest BCUT2D eigenvalue weighted by Gasteiger charge is -2.57. The second-order valence-electron chi connectivity index (χ2n) is 10.9. The standard InChI is InChI=1S/C27H32O5S/c1-15-8-11-31-23(15)24(29)32-14-27-10-7-20-19(21(27)12-16(2)22(27)25(30)33)5-4-17-13-18(28)6-9-26(17,20)3/h6,8-9,11,13,16,19-22H,4-5,7,10,12,14H2,1-3H3,(H,30,33)/t16-,19-,20+,21+,22-,26+,27-/m1/s1. The van der Waals surface area contributed by atoms with E-state index < -0.39 is 11.4 Å². The molecule has 0 aromatic carbocycles. The fourth-order valence-corrected chi connectivity index (χ4v) is 8.46. The van der Waals surface area contributed by atoms with Gasteiger partial charge in [-0.25, -0.2) is 4.79 Å². The molecule has 4 aliphatic rings. The second-order valence-corrected chi connectivity index (χ2v) is 11.4. The molecule has 5 nitrogen and oxygen atoms in total. The smallest absolute Gasteiger partial charge is 0.374 e. The Labute approximate surface area is 200 Å². The summed E-state index contributed by atoms with van der Waals surface area (Å²) in [6, 6.07) is 1.75. The Morgan fingerprint density at radius 3 is 2.76 bits per heavy atom. The van der Waals surface area contributed by atoms with E-state index in [1.54, 1.807) is 12.1 Å². The SMILES string of the molecule is Cc1ccoc1C(=O)OC[C@]12CC[C@H]3[C@@H](CCC4=CC(=O)C=C[C@@]43C)[C@@H]1C[C@@H](C)[C@@H]2C(=O)S. The van der Waals surface area contributed by atoms with Gasteiger partial charge in [0.25, 0.3) is 0 Å². The van der Waals surface area contributed by atoms with E-state index in [1.165, 1.54) is 11.8 Å². The molecule has 7 atom stereocenters. The summed E-state index contributed by atoms with van der Waals surface area (Å²) in [5.74, 6) is 0.928. The highest BCUT2D eigenvalue weighted by molar-refractivity contribution is 7.96. The number of allylic oxidation sites excluding steroid dienone is 4. The van der Waals surface area contributed by atoms with Crippen LogP contribution in [0.2, 0.25) is 0 Å². The Kier molecular flexibility index (Phi) is 5.50. The number of rotatable bonds is 4. The summed E-state index contributed by atoms with van der Waals surface area (Å²) in [6.45, 7) is 6.45. The zero-order valence-corrected chi connectivity index (χ0v) is 20.4. The van der Waals surface area contributed by atoms with Gasteiger partial charge in [0.05, 0.1) is 12.9 Å². The zero-order valence-electron chi connectivity index (χ0n) is 19.5. The van der Waals surface area contributed by atoms with Crippen LogP contribution in [0, 0.1) is 47.3 Å². The first kappa shape index (κ1) is 22.7. The molecule has 0 radical (unpaired) electrons. The van der Waals surface area contributed by atoms with E-state index >= 15 is 0 Å². The molecule has 1 aromatic rings. The quantitative estimate of drug-likeness (QED) is 0.476. The van der Waals surface area contributed by atoms with Gasteiger partial charge in [-0.15, -0.1) is 12.6 Å². The topological polar surface area (TPSA) is 73.6 Å². The zero-order chi connectivity index (χ0) is 23.5. The van der Waals surface area contributed by atoms with Crippen LogP contribution in [0.5, 0.6) is 0 Å². The van der Waals surface area contributed by atoms with Gasteiger partial charge in [0.2, 0.25) is 5.76 Å². The molecule has 1 aromatic heterocycles. The van der Waals surface area contributed by atoms with Crippen molar-refractivity contribution in [3.05, 3.63) is 47.5 Å². The normalized spacial score (nSPS) is 39.3. The Bertz CT molecular complexity index is 1070. The predicted octanol–water partition coefficient (Wildman–Crippen LogP) is 5.35. The number of carbonyl (C=O) groups is 3. The fourth-order valence-electron chi connectivity index (χ4n) is 7.94. The molecule has 0 aliphatic heterocycles. The lowest BCUT2D eigenvalue weighted by Crippen LogP contribution is -2.53. The number of ketones is 1. The number of thiol groups is 1. The van der Waals surface area contributed by atoms with E-state index in [0.29, 0.717) is 11.8 Å². The molecule has 0 bridgehead atoms. The van der Waals surface area contributed by atoms with Crippen LogP contribution in [0.3, 0.4) is 0 Å². The van der Waals surface area contributed by atoms with Gasteiger partial charge in [0, 0.05) is 22.3 Å². The minimum absolute atomic E-state index is 0.0847. The molecule has 0 unspecified atom stereocenters. The van der Waals surface area contributed by atoms with E-state index in [2.05, 4.69) is 32.6 Å². The Morgan fingerprint density at radius 1 is 1.27 bits per heavy atom. The number of hydrogen-bond acceptors (Lipinski definition) is 5. The van der Waals surface area contributed by atoms with Crippen molar-refractivity contribution in [2.75, 3.05) is 6.61 Å².